The fourth-order valence-electron chi connectivity index (χ4n) is 1.41. The highest BCUT2D eigenvalue weighted by Gasteiger charge is 2.12. The Morgan fingerprint density at radius 1 is 1.33 bits per heavy atom. The van der Waals surface area contributed by atoms with Crippen molar-refractivity contribution in [2.75, 3.05) is 0 Å². The smallest absolute Gasteiger partial charge is 0.258 e. The van der Waals surface area contributed by atoms with E-state index in [1.165, 1.54) is 17.4 Å². The number of halogens is 1. The van der Waals surface area contributed by atoms with Gasteiger partial charge in [0.1, 0.15) is 5.75 Å². The normalized spacial score (nSPS) is 10.7. The average Bonchev–Trinajstić information content (AvgIpc) is 3.01. The fourth-order valence-corrected chi connectivity index (χ4v) is 2.13. The van der Waals surface area contributed by atoms with Gasteiger partial charge in [-0.3, -0.25) is 4.98 Å². The fraction of sp³-hybridized carbons (Fsp3) is 0. The Kier molecular flexibility index (Phi) is 2.73. The van der Waals surface area contributed by atoms with E-state index in [4.69, 9.17) is 16.1 Å². The number of aromatic hydroxyl groups is 1. The molecule has 90 valence electrons. The highest BCUT2D eigenvalue weighted by atomic mass is 35.5. The lowest BCUT2D eigenvalue weighted by Crippen LogP contribution is -1.79. The summed E-state index contributed by atoms with van der Waals surface area (Å²) < 4.78 is 5.15. The number of phenols is 1. The number of rotatable bonds is 2. The molecule has 2 heterocycles. The molecule has 7 heteroatoms. The minimum absolute atomic E-state index is 0.0163. The number of benzene rings is 1. The molecule has 1 N–H and O–H groups in total. The van der Waals surface area contributed by atoms with Crippen molar-refractivity contribution in [3.63, 3.8) is 0 Å². The van der Waals surface area contributed by atoms with Crippen LogP contribution in [0.1, 0.15) is 0 Å². The highest BCUT2D eigenvalue weighted by molar-refractivity contribution is 7.13. The maximum atomic E-state index is 9.34. The minimum Gasteiger partial charge on any atom is -0.506 e. The first kappa shape index (κ1) is 11.2. The zero-order valence-corrected chi connectivity index (χ0v) is 10.4. The van der Waals surface area contributed by atoms with E-state index in [1.54, 1.807) is 23.8 Å². The van der Waals surface area contributed by atoms with Gasteiger partial charge < -0.3 is 9.63 Å². The summed E-state index contributed by atoms with van der Waals surface area (Å²) in [7, 11) is 0. The number of phenolic OH excluding ortho intramolecular Hbond substituents is 1. The molecule has 18 heavy (non-hydrogen) atoms. The number of hydrogen-bond donors (Lipinski definition) is 1. The Bertz CT molecular complexity index is 681. The Morgan fingerprint density at radius 3 is 2.94 bits per heavy atom. The molecule has 5 nitrogen and oxygen atoms in total. The summed E-state index contributed by atoms with van der Waals surface area (Å²) in [6, 6.07) is 4.71. The summed E-state index contributed by atoms with van der Waals surface area (Å²) in [5.74, 6) is 0.847. The van der Waals surface area contributed by atoms with E-state index in [0.29, 0.717) is 17.3 Å². The molecule has 0 saturated carbocycles. The Hall–Kier alpha value is -1.92. The summed E-state index contributed by atoms with van der Waals surface area (Å²) in [5.41, 5.74) is 2.35. The maximum Gasteiger partial charge on any atom is 0.258 e. The van der Waals surface area contributed by atoms with Crippen molar-refractivity contribution in [3.05, 3.63) is 34.9 Å². The van der Waals surface area contributed by atoms with Gasteiger partial charge in [-0.15, -0.1) is 11.3 Å². The van der Waals surface area contributed by atoms with Crippen molar-refractivity contribution in [2.24, 2.45) is 0 Å². The van der Waals surface area contributed by atoms with E-state index in [2.05, 4.69) is 15.1 Å². The number of nitrogens with zero attached hydrogens (tertiary/aromatic N) is 3. The van der Waals surface area contributed by atoms with Crippen LogP contribution in [0.15, 0.2) is 34.4 Å². The van der Waals surface area contributed by atoms with Crippen LogP contribution in [0.25, 0.3) is 22.2 Å². The van der Waals surface area contributed by atoms with E-state index < -0.39 is 0 Å². The largest absolute Gasteiger partial charge is 0.506 e. The molecule has 0 aliphatic heterocycles. The van der Waals surface area contributed by atoms with Gasteiger partial charge in [-0.05, 0) is 18.2 Å². The molecular formula is C11H6ClN3O2S. The van der Waals surface area contributed by atoms with Gasteiger partial charge in [-0.25, -0.2) is 0 Å². The summed E-state index contributed by atoms with van der Waals surface area (Å²) >= 11 is 7.25. The molecule has 3 rings (SSSR count). The van der Waals surface area contributed by atoms with Crippen LogP contribution in [-0.2, 0) is 0 Å². The quantitative estimate of drug-likeness (QED) is 0.780. The maximum absolute atomic E-state index is 9.34. The highest BCUT2D eigenvalue weighted by Crippen LogP contribution is 2.30. The van der Waals surface area contributed by atoms with Gasteiger partial charge >= 0.3 is 0 Å². The molecule has 0 fully saturated rings. The number of hydrogen-bond acceptors (Lipinski definition) is 6. The Balaban J connectivity index is 2.00. The molecule has 0 aliphatic rings. The van der Waals surface area contributed by atoms with Crippen LogP contribution in [0, 0.1) is 0 Å². The Labute approximate surface area is 111 Å². The van der Waals surface area contributed by atoms with Gasteiger partial charge in [-0.1, -0.05) is 16.8 Å². The number of thiazole rings is 1. The number of aromatic nitrogens is 3. The van der Waals surface area contributed by atoms with Gasteiger partial charge in [0.25, 0.3) is 5.89 Å². The van der Waals surface area contributed by atoms with Crippen molar-refractivity contribution < 1.29 is 9.63 Å². The SMILES string of the molecule is Oc1ccc(-c2nc(-c3cncs3)no2)cc1Cl. The van der Waals surface area contributed by atoms with Crippen molar-refractivity contribution in [1.82, 2.24) is 15.1 Å². The van der Waals surface area contributed by atoms with Gasteiger partial charge in [0.15, 0.2) is 0 Å². The lowest BCUT2D eigenvalue weighted by molar-refractivity contribution is 0.432. The van der Waals surface area contributed by atoms with Crippen LogP contribution in [0.2, 0.25) is 5.02 Å². The summed E-state index contributed by atoms with van der Waals surface area (Å²) in [6.07, 6.45) is 1.67. The second kappa shape index (κ2) is 4.40. The standard InChI is InChI=1S/C11H6ClN3O2S/c12-7-3-6(1-2-8(7)16)11-14-10(15-17-11)9-4-13-5-18-9/h1-5,16H. The molecule has 0 saturated heterocycles. The van der Waals surface area contributed by atoms with E-state index in [1.807, 2.05) is 0 Å². The summed E-state index contributed by atoms with van der Waals surface area (Å²) in [6.45, 7) is 0. The van der Waals surface area contributed by atoms with Gasteiger partial charge in [0.05, 0.1) is 15.4 Å². The van der Waals surface area contributed by atoms with Crippen LogP contribution >= 0.6 is 22.9 Å². The van der Waals surface area contributed by atoms with Crippen LogP contribution in [-0.4, -0.2) is 20.2 Å². The third-order valence-electron chi connectivity index (χ3n) is 2.27. The van der Waals surface area contributed by atoms with Crippen LogP contribution in [0.3, 0.4) is 0 Å². The Morgan fingerprint density at radius 2 is 2.22 bits per heavy atom. The van der Waals surface area contributed by atoms with Crippen LogP contribution in [0.5, 0.6) is 5.75 Å². The van der Waals surface area contributed by atoms with Crippen LogP contribution < -0.4 is 0 Å². The molecule has 3 aromatic rings. The molecule has 0 bridgehead atoms. The van der Waals surface area contributed by atoms with E-state index in [-0.39, 0.29) is 10.8 Å². The van der Waals surface area contributed by atoms with E-state index >= 15 is 0 Å². The molecule has 0 amide bonds. The zero-order chi connectivity index (χ0) is 12.5. The third-order valence-corrected chi connectivity index (χ3v) is 3.35. The van der Waals surface area contributed by atoms with Crippen molar-refractivity contribution in [1.29, 1.82) is 0 Å². The molecule has 0 spiro atoms. The monoisotopic (exact) mass is 279 g/mol. The van der Waals surface area contributed by atoms with Gasteiger partial charge in [-0.2, -0.15) is 4.98 Å². The predicted molar refractivity (Wildman–Crippen MR) is 67.5 cm³/mol. The second-order valence-corrected chi connectivity index (χ2v) is 4.75. The van der Waals surface area contributed by atoms with Crippen molar-refractivity contribution in [2.45, 2.75) is 0 Å². The van der Waals surface area contributed by atoms with E-state index in [0.717, 1.165) is 4.88 Å². The van der Waals surface area contributed by atoms with Gasteiger partial charge in [0.2, 0.25) is 5.82 Å². The predicted octanol–water partition coefficient (Wildman–Crippen LogP) is 3.22. The topological polar surface area (TPSA) is 72.0 Å². The average molecular weight is 280 g/mol. The van der Waals surface area contributed by atoms with Crippen molar-refractivity contribution in [3.8, 4) is 27.9 Å². The minimum atomic E-state index is 0.0163. The van der Waals surface area contributed by atoms with Crippen LogP contribution in [0.4, 0.5) is 0 Å². The summed E-state index contributed by atoms with van der Waals surface area (Å²) in [4.78, 5) is 9.02. The molecule has 0 aliphatic carbocycles. The third kappa shape index (κ3) is 1.96. The molecular weight excluding hydrogens is 274 g/mol. The lowest BCUT2D eigenvalue weighted by Gasteiger charge is -1.97. The van der Waals surface area contributed by atoms with Crippen molar-refractivity contribution >= 4 is 22.9 Å². The zero-order valence-electron chi connectivity index (χ0n) is 8.87. The molecule has 0 radical (unpaired) electrons. The first-order chi connectivity index (χ1) is 8.74. The molecule has 2 aromatic heterocycles. The molecule has 0 unspecified atom stereocenters. The molecule has 1 aromatic carbocycles. The van der Waals surface area contributed by atoms with E-state index in [9.17, 15) is 5.11 Å². The first-order valence-corrected chi connectivity index (χ1v) is 6.21. The summed E-state index contributed by atoms with van der Waals surface area (Å²) in [5, 5.41) is 13.4. The van der Waals surface area contributed by atoms with Gasteiger partial charge in [0, 0.05) is 11.8 Å². The first-order valence-electron chi connectivity index (χ1n) is 4.95. The molecule has 0 atom stereocenters. The lowest BCUT2D eigenvalue weighted by atomic mass is 10.2. The second-order valence-electron chi connectivity index (χ2n) is 3.46.